The molecule has 0 fully saturated rings. The molecule has 0 saturated heterocycles. The standard InChI is InChI=1S/C16H16INO/c1-11-7-4-5-10-14(11)18(3)16(19)13-9-6-8-12(2)15(13)17/h4-10H,1-3H3. The summed E-state index contributed by atoms with van der Waals surface area (Å²) in [5, 5.41) is 0. The van der Waals surface area contributed by atoms with Gasteiger partial charge in [-0.25, -0.2) is 0 Å². The minimum absolute atomic E-state index is 0.0300. The Morgan fingerprint density at radius 1 is 1.00 bits per heavy atom. The first-order chi connectivity index (χ1) is 9.02. The van der Waals surface area contributed by atoms with Crippen LogP contribution in [-0.2, 0) is 0 Å². The minimum atomic E-state index is 0.0300. The molecule has 0 N–H and O–H groups in total. The summed E-state index contributed by atoms with van der Waals surface area (Å²) >= 11 is 2.23. The maximum Gasteiger partial charge on any atom is 0.259 e. The van der Waals surface area contributed by atoms with Gasteiger partial charge in [-0.15, -0.1) is 0 Å². The number of amides is 1. The van der Waals surface area contributed by atoms with E-state index in [2.05, 4.69) is 22.6 Å². The van der Waals surface area contributed by atoms with E-state index < -0.39 is 0 Å². The molecule has 0 aliphatic heterocycles. The Kier molecular flexibility index (Phi) is 4.24. The average molecular weight is 365 g/mol. The zero-order valence-corrected chi connectivity index (χ0v) is 13.4. The van der Waals surface area contributed by atoms with Crippen molar-refractivity contribution in [3.05, 3.63) is 62.7 Å². The topological polar surface area (TPSA) is 20.3 Å². The van der Waals surface area contributed by atoms with Gasteiger partial charge < -0.3 is 4.90 Å². The van der Waals surface area contributed by atoms with E-state index in [1.165, 1.54) is 0 Å². The van der Waals surface area contributed by atoms with E-state index in [9.17, 15) is 4.79 Å². The number of nitrogens with zero attached hydrogens (tertiary/aromatic N) is 1. The number of anilines is 1. The molecular formula is C16H16INO. The summed E-state index contributed by atoms with van der Waals surface area (Å²) in [7, 11) is 1.82. The normalized spacial score (nSPS) is 10.3. The molecule has 2 aromatic rings. The molecule has 0 bridgehead atoms. The Balaban J connectivity index is 2.40. The fraction of sp³-hybridized carbons (Fsp3) is 0.188. The van der Waals surface area contributed by atoms with E-state index in [0.29, 0.717) is 0 Å². The lowest BCUT2D eigenvalue weighted by atomic mass is 10.1. The number of carbonyl (C=O) groups is 1. The second kappa shape index (κ2) is 5.74. The van der Waals surface area contributed by atoms with Crippen molar-refractivity contribution in [1.29, 1.82) is 0 Å². The second-order valence-corrected chi connectivity index (χ2v) is 5.67. The maximum absolute atomic E-state index is 12.6. The molecule has 0 saturated carbocycles. The van der Waals surface area contributed by atoms with Crippen LogP contribution in [0.1, 0.15) is 21.5 Å². The van der Waals surface area contributed by atoms with Gasteiger partial charge in [-0.3, -0.25) is 4.79 Å². The Labute approximate surface area is 127 Å². The Bertz CT molecular complexity index is 622. The number of para-hydroxylation sites is 1. The summed E-state index contributed by atoms with van der Waals surface area (Å²) in [5.74, 6) is 0.0300. The molecular weight excluding hydrogens is 349 g/mol. The Morgan fingerprint density at radius 2 is 1.63 bits per heavy atom. The van der Waals surface area contributed by atoms with E-state index in [-0.39, 0.29) is 5.91 Å². The van der Waals surface area contributed by atoms with Crippen LogP contribution in [0.3, 0.4) is 0 Å². The van der Waals surface area contributed by atoms with Crippen molar-refractivity contribution >= 4 is 34.2 Å². The molecule has 2 rings (SSSR count). The Morgan fingerprint density at radius 3 is 2.32 bits per heavy atom. The molecule has 0 aliphatic rings. The van der Waals surface area contributed by atoms with Crippen LogP contribution in [0, 0.1) is 17.4 Å². The fourth-order valence-corrected chi connectivity index (χ4v) is 2.63. The van der Waals surface area contributed by atoms with E-state index >= 15 is 0 Å². The average Bonchev–Trinajstić information content (AvgIpc) is 2.41. The molecule has 0 heterocycles. The highest BCUT2D eigenvalue weighted by Gasteiger charge is 2.17. The molecule has 98 valence electrons. The molecule has 1 amide bonds. The first kappa shape index (κ1) is 14.1. The van der Waals surface area contributed by atoms with Crippen molar-refractivity contribution in [3.8, 4) is 0 Å². The van der Waals surface area contributed by atoms with Gasteiger partial charge in [0.05, 0.1) is 5.56 Å². The molecule has 0 aromatic heterocycles. The van der Waals surface area contributed by atoms with Gasteiger partial charge in [0.25, 0.3) is 5.91 Å². The van der Waals surface area contributed by atoms with Gasteiger partial charge in [0, 0.05) is 16.3 Å². The summed E-state index contributed by atoms with van der Waals surface area (Å²) in [5.41, 5.74) is 3.93. The van der Waals surface area contributed by atoms with Crippen LogP contribution in [0.5, 0.6) is 0 Å². The second-order valence-electron chi connectivity index (χ2n) is 4.59. The quantitative estimate of drug-likeness (QED) is 0.731. The van der Waals surface area contributed by atoms with Crippen LogP contribution < -0.4 is 4.90 Å². The van der Waals surface area contributed by atoms with Gasteiger partial charge in [-0.1, -0.05) is 30.3 Å². The summed E-state index contributed by atoms with van der Waals surface area (Å²) in [6.45, 7) is 4.03. The van der Waals surface area contributed by atoms with Crippen LogP contribution in [0.4, 0.5) is 5.69 Å². The Hall–Kier alpha value is -1.36. The van der Waals surface area contributed by atoms with Crippen molar-refractivity contribution in [2.45, 2.75) is 13.8 Å². The number of carbonyl (C=O) groups excluding carboxylic acids is 1. The van der Waals surface area contributed by atoms with Crippen molar-refractivity contribution in [1.82, 2.24) is 0 Å². The van der Waals surface area contributed by atoms with Gasteiger partial charge in [-0.05, 0) is 59.7 Å². The van der Waals surface area contributed by atoms with E-state index in [1.807, 2.05) is 63.4 Å². The smallest absolute Gasteiger partial charge is 0.259 e. The third-order valence-corrected chi connectivity index (χ3v) is 4.64. The molecule has 0 aliphatic carbocycles. The third-order valence-electron chi connectivity index (χ3n) is 3.20. The molecule has 0 radical (unpaired) electrons. The number of aryl methyl sites for hydroxylation is 2. The fourth-order valence-electron chi connectivity index (χ4n) is 2.04. The van der Waals surface area contributed by atoms with E-state index in [0.717, 1.165) is 25.9 Å². The number of hydrogen-bond acceptors (Lipinski definition) is 1. The number of rotatable bonds is 2. The molecule has 2 nitrogen and oxygen atoms in total. The number of halogens is 1. The predicted molar refractivity (Wildman–Crippen MR) is 87.8 cm³/mol. The number of benzene rings is 2. The zero-order chi connectivity index (χ0) is 14.0. The highest BCUT2D eigenvalue weighted by Crippen LogP contribution is 2.23. The van der Waals surface area contributed by atoms with E-state index in [4.69, 9.17) is 0 Å². The molecule has 0 spiro atoms. The van der Waals surface area contributed by atoms with Crippen LogP contribution in [-0.4, -0.2) is 13.0 Å². The summed E-state index contributed by atoms with van der Waals surface area (Å²) in [6, 6.07) is 13.7. The lowest BCUT2D eigenvalue weighted by Gasteiger charge is -2.20. The molecule has 2 aromatic carbocycles. The van der Waals surface area contributed by atoms with Gasteiger partial charge in [-0.2, -0.15) is 0 Å². The summed E-state index contributed by atoms with van der Waals surface area (Å²) < 4.78 is 1.02. The molecule has 0 unspecified atom stereocenters. The number of hydrogen-bond donors (Lipinski definition) is 0. The lowest BCUT2D eigenvalue weighted by molar-refractivity contribution is 0.0992. The molecule has 0 atom stereocenters. The first-order valence-electron chi connectivity index (χ1n) is 6.11. The van der Waals surface area contributed by atoms with Crippen LogP contribution in [0.15, 0.2) is 42.5 Å². The van der Waals surface area contributed by atoms with Gasteiger partial charge in [0.15, 0.2) is 0 Å². The summed E-state index contributed by atoms with van der Waals surface area (Å²) in [6.07, 6.45) is 0. The lowest BCUT2D eigenvalue weighted by Crippen LogP contribution is -2.27. The van der Waals surface area contributed by atoms with Crippen molar-refractivity contribution in [2.24, 2.45) is 0 Å². The van der Waals surface area contributed by atoms with Gasteiger partial charge >= 0.3 is 0 Å². The maximum atomic E-state index is 12.6. The van der Waals surface area contributed by atoms with E-state index in [1.54, 1.807) is 4.90 Å². The van der Waals surface area contributed by atoms with Crippen molar-refractivity contribution in [3.63, 3.8) is 0 Å². The zero-order valence-electron chi connectivity index (χ0n) is 11.3. The molecule has 3 heteroatoms. The first-order valence-corrected chi connectivity index (χ1v) is 7.19. The van der Waals surface area contributed by atoms with Crippen LogP contribution >= 0.6 is 22.6 Å². The third kappa shape index (κ3) is 2.81. The van der Waals surface area contributed by atoms with Crippen LogP contribution in [0.25, 0.3) is 0 Å². The van der Waals surface area contributed by atoms with Gasteiger partial charge in [0.2, 0.25) is 0 Å². The van der Waals surface area contributed by atoms with Crippen LogP contribution in [0.2, 0.25) is 0 Å². The monoisotopic (exact) mass is 365 g/mol. The minimum Gasteiger partial charge on any atom is -0.311 e. The van der Waals surface area contributed by atoms with Gasteiger partial charge in [0.1, 0.15) is 0 Å². The SMILES string of the molecule is Cc1ccccc1N(C)C(=O)c1cccc(C)c1I. The van der Waals surface area contributed by atoms with Crippen molar-refractivity contribution < 1.29 is 4.79 Å². The molecule has 19 heavy (non-hydrogen) atoms. The summed E-state index contributed by atoms with van der Waals surface area (Å²) in [4.78, 5) is 14.3. The highest BCUT2D eigenvalue weighted by molar-refractivity contribution is 14.1. The largest absolute Gasteiger partial charge is 0.311 e. The van der Waals surface area contributed by atoms with Crippen molar-refractivity contribution in [2.75, 3.05) is 11.9 Å². The predicted octanol–water partition coefficient (Wildman–Crippen LogP) is 4.18. The highest BCUT2D eigenvalue weighted by atomic mass is 127.